The van der Waals surface area contributed by atoms with E-state index >= 15 is 0 Å². The first-order valence-electron chi connectivity index (χ1n) is 10.1. The molecule has 0 aliphatic carbocycles. The van der Waals surface area contributed by atoms with Gasteiger partial charge in [-0.1, -0.05) is 84.5 Å². The van der Waals surface area contributed by atoms with E-state index in [0.717, 1.165) is 35.0 Å². The van der Waals surface area contributed by atoms with E-state index in [2.05, 4.69) is 36.9 Å². The van der Waals surface area contributed by atoms with Crippen molar-refractivity contribution in [3.63, 3.8) is 0 Å². The van der Waals surface area contributed by atoms with Crippen LogP contribution in [0.25, 0.3) is 0 Å². The molecule has 0 spiro atoms. The molecule has 0 atom stereocenters. The monoisotopic (exact) mass is 724 g/mol. The average molecular weight is 728 g/mol. The van der Waals surface area contributed by atoms with Gasteiger partial charge in [0.25, 0.3) is 0 Å². The first-order valence-corrected chi connectivity index (χ1v) is 15.7. The smallest absolute Gasteiger partial charge is 0.0407 e. The van der Waals surface area contributed by atoms with Gasteiger partial charge in [-0.25, -0.2) is 0 Å². The van der Waals surface area contributed by atoms with E-state index in [1.807, 2.05) is 54.8 Å². The molecule has 0 aromatic heterocycles. The molecule has 0 aliphatic rings. The number of thioether (sulfide) groups is 1. The Morgan fingerprint density at radius 1 is 0.436 bits per heavy atom. The van der Waals surface area contributed by atoms with Crippen LogP contribution >= 0.6 is 118 Å². The zero-order valence-electron chi connectivity index (χ0n) is 20.2. The summed E-state index contributed by atoms with van der Waals surface area (Å²) in [6, 6.07) is 29.2. The highest BCUT2D eigenvalue weighted by molar-refractivity contribution is 7.98. The summed E-state index contributed by atoms with van der Waals surface area (Å²) < 4.78 is 0. The van der Waals surface area contributed by atoms with Crippen LogP contribution in [0.1, 0.15) is 14.9 Å². The Morgan fingerprint density at radius 2 is 0.615 bits per heavy atom. The molecule has 0 heterocycles. The summed E-state index contributed by atoms with van der Waals surface area (Å²) in [7, 11) is 0. The number of hydrogen-bond acceptors (Lipinski definition) is 3. The fraction of sp³-hybridized carbons (Fsp3) is 0.172. The molecule has 0 aliphatic heterocycles. The highest BCUT2D eigenvalue weighted by Crippen LogP contribution is 2.17. The van der Waals surface area contributed by atoms with Gasteiger partial charge in [-0.3, -0.25) is 0 Å². The van der Waals surface area contributed by atoms with E-state index in [1.165, 1.54) is 11.3 Å². The fourth-order valence-electron chi connectivity index (χ4n) is 1.87. The summed E-state index contributed by atoms with van der Waals surface area (Å²) in [6.07, 6.45) is 5.21. The highest BCUT2D eigenvalue weighted by atomic mass is 35.5. The summed E-state index contributed by atoms with van der Waals surface area (Å²) in [5, 5.41) is 4.42. The maximum absolute atomic E-state index is 5.66. The third-order valence-corrected chi connectivity index (χ3v) is 6.04. The quantitative estimate of drug-likeness (QED) is 0.112. The van der Waals surface area contributed by atoms with E-state index in [0.29, 0.717) is 0 Å². The van der Waals surface area contributed by atoms with Crippen LogP contribution in [0.3, 0.4) is 0 Å². The van der Waals surface area contributed by atoms with Crippen molar-refractivity contribution in [3.8, 4) is 0 Å². The van der Waals surface area contributed by atoms with Crippen LogP contribution in [-0.4, -0.2) is 18.9 Å². The zero-order valence-corrected chi connectivity index (χ0v) is 28.1. The second-order valence-corrected chi connectivity index (χ2v) is 10.0. The maximum atomic E-state index is 5.66. The van der Waals surface area contributed by atoms with Crippen molar-refractivity contribution in [3.05, 3.63) is 127 Å². The molecule has 0 bridgehead atoms. The Labute approximate surface area is 286 Å². The highest BCUT2D eigenvalue weighted by Gasteiger charge is 1.87. The van der Waals surface area contributed by atoms with Gasteiger partial charge in [0, 0.05) is 46.3 Å². The summed E-state index contributed by atoms with van der Waals surface area (Å²) in [5.74, 6) is 0. The molecule has 0 N–H and O–H groups in total. The minimum absolute atomic E-state index is 0. The third kappa shape index (κ3) is 27.9. The Bertz CT molecular complexity index is 878. The van der Waals surface area contributed by atoms with Crippen LogP contribution in [0.5, 0.6) is 0 Å². The lowest BCUT2D eigenvalue weighted by Crippen LogP contribution is -1.66. The van der Waals surface area contributed by atoms with Crippen molar-refractivity contribution in [2.45, 2.75) is 24.6 Å². The molecule has 0 amide bonds. The lowest BCUT2D eigenvalue weighted by molar-refractivity contribution is 1.47. The molecular weight excluding hydrogens is 693 g/mol. The second-order valence-electron chi connectivity index (χ2n) is 6.01. The van der Waals surface area contributed by atoms with Crippen LogP contribution in [0.15, 0.2) is 107 Å². The molecule has 39 heavy (non-hydrogen) atoms. The Hall–Kier alpha value is -0.0400. The predicted molar refractivity (Wildman–Crippen MR) is 195 cm³/mol. The van der Waals surface area contributed by atoms with Gasteiger partial charge in [0.05, 0.1) is 0 Å². The maximum Gasteiger partial charge on any atom is 0.0407 e. The van der Waals surface area contributed by atoms with Crippen molar-refractivity contribution in [2.75, 3.05) is 18.9 Å². The first kappa shape index (κ1) is 45.9. The van der Waals surface area contributed by atoms with Gasteiger partial charge in [-0.2, -0.15) is 12.6 Å². The molecule has 0 nitrogen and oxygen atoms in total. The van der Waals surface area contributed by atoms with E-state index < -0.39 is 0 Å². The standard InChI is InChI=1S/C7H7ClS.2C6H4Cl2.C6H5ClS.CH3Cl.CH4S.2CH4/c1-9-7-4-2-6(8)3-5-7;2*7-5-1-2-6(8)4-3-5;7-5-1-3-6(8)4-2-5;2*1-2;;/h2-5H,1H3;2*1-4H;1-4,8H;1H3;2H,1H3;2*1H4. The topological polar surface area (TPSA) is 0 Å². The van der Waals surface area contributed by atoms with Gasteiger partial charge in [-0.15, -0.1) is 36.0 Å². The Kier molecular flexibility index (Phi) is 36.4. The first-order chi connectivity index (χ1) is 17.7. The molecule has 0 saturated heterocycles. The van der Waals surface area contributed by atoms with Gasteiger partial charge in [0.2, 0.25) is 0 Å². The minimum Gasteiger partial charge on any atom is -0.183 e. The van der Waals surface area contributed by atoms with Crippen molar-refractivity contribution < 1.29 is 0 Å². The molecular formula is C29H35Cl7S3. The van der Waals surface area contributed by atoms with Crippen LogP contribution in [0.2, 0.25) is 30.1 Å². The molecule has 4 aromatic carbocycles. The fourth-order valence-corrected chi connectivity index (χ4v) is 3.18. The van der Waals surface area contributed by atoms with Crippen molar-refractivity contribution >= 4 is 118 Å². The summed E-state index contributed by atoms with van der Waals surface area (Å²) in [5.41, 5.74) is 0. The van der Waals surface area contributed by atoms with Gasteiger partial charge in [-0.05, 0) is 110 Å². The molecule has 218 valence electrons. The number of thiol groups is 2. The van der Waals surface area contributed by atoms with Crippen LogP contribution in [-0.2, 0) is 0 Å². The number of benzene rings is 4. The van der Waals surface area contributed by atoms with Gasteiger partial charge in [0.15, 0.2) is 0 Å². The van der Waals surface area contributed by atoms with E-state index in [1.54, 1.807) is 66.5 Å². The molecule has 10 heteroatoms. The Balaban J connectivity index is -0.000000197. The zero-order chi connectivity index (χ0) is 28.6. The van der Waals surface area contributed by atoms with Crippen LogP contribution in [0, 0.1) is 0 Å². The normalized spacial score (nSPS) is 8.21. The minimum atomic E-state index is 0. The number of halogens is 7. The van der Waals surface area contributed by atoms with Crippen molar-refractivity contribution in [1.29, 1.82) is 0 Å². The van der Waals surface area contributed by atoms with E-state index in [-0.39, 0.29) is 14.9 Å². The second kappa shape index (κ2) is 30.9. The molecule has 0 unspecified atom stereocenters. The summed E-state index contributed by atoms with van der Waals surface area (Å²) in [4.78, 5) is 2.19. The van der Waals surface area contributed by atoms with E-state index in [4.69, 9.17) is 69.6 Å². The van der Waals surface area contributed by atoms with Crippen LogP contribution < -0.4 is 0 Å². The van der Waals surface area contributed by atoms with Crippen molar-refractivity contribution in [2.24, 2.45) is 0 Å². The number of hydrogen-bond donors (Lipinski definition) is 2. The predicted octanol–water partition coefficient (Wildman–Crippen LogP) is 14.4. The van der Waals surface area contributed by atoms with Gasteiger partial charge >= 0.3 is 0 Å². The molecule has 0 saturated carbocycles. The molecule has 0 fully saturated rings. The lowest BCUT2D eigenvalue weighted by Gasteiger charge is -1.92. The van der Waals surface area contributed by atoms with Gasteiger partial charge in [0.1, 0.15) is 0 Å². The number of rotatable bonds is 1. The SMILES string of the molecule is C.C.CCl.CS.CSc1ccc(Cl)cc1.Clc1ccc(Cl)cc1.Clc1ccc(Cl)cc1.Sc1ccc(Cl)cc1. The average Bonchev–Trinajstić information content (AvgIpc) is 2.93. The lowest BCUT2D eigenvalue weighted by atomic mass is 10.4. The Morgan fingerprint density at radius 3 is 0.795 bits per heavy atom. The summed E-state index contributed by atoms with van der Waals surface area (Å²) >= 11 is 47.4. The van der Waals surface area contributed by atoms with Crippen molar-refractivity contribution in [1.82, 2.24) is 0 Å². The molecule has 4 rings (SSSR count). The van der Waals surface area contributed by atoms with Crippen LogP contribution in [0.4, 0.5) is 0 Å². The summed E-state index contributed by atoms with van der Waals surface area (Å²) in [6.45, 7) is 0. The van der Waals surface area contributed by atoms with E-state index in [9.17, 15) is 0 Å². The molecule has 0 radical (unpaired) electrons. The molecule has 4 aromatic rings. The third-order valence-electron chi connectivity index (χ3n) is 3.48. The van der Waals surface area contributed by atoms with Gasteiger partial charge < -0.3 is 0 Å². The largest absolute Gasteiger partial charge is 0.183 e. The number of alkyl halides is 1.